The Morgan fingerprint density at radius 3 is 2.76 bits per heavy atom. The molecule has 0 atom stereocenters. The molecule has 6 heteroatoms. The zero-order valence-corrected chi connectivity index (χ0v) is 9.14. The number of aryl methyl sites for hydroxylation is 1. The minimum Gasteiger partial charge on any atom is -0.394 e. The fourth-order valence-corrected chi connectivity index (χ4v) is 1.43. The number of aromatic nitrogens is 2. The van der Waals surface area contributed by atoms with Crippen LogP contribution in [0.3, 0.4) is 0 Å². The minimum atomic E-state index is -0.578. The molecular formula is C11H11FN4O. The van der Waals surface area contributed by atoms with Crippen molar-refractivity contribution in [3.63, 3.8) is 0 Å². The number of amides is 1. The van der Waals surface area contributed by atoms with E-state index >= 15 is 0 Å². The molecule has 3 N–H and O–H groups in total. The lowest BCUT2D eigenvalue weighted by Gasteiger charge is -2.06. The maximum atomic E-state index is 13.4. The Morgan fingerprint density at radius 1 is 1.47 bits per heavy atom. The molecule has 0 fully saturated rings. The van der Waals surface area contributed by atoms with Crippen molar-refractivity contribution in [2.75, 3.05) is 11.1 Å². The summed E-state index contributed by atoms with van der Waals surface area (Å²) in [5.41, 5.74) is 5.91. The number of anilines is 2. The van der Waals surface area contributed by atoms with Crippen molar-refractivity contribution in [3.8, 4) is 0 Å². The first-order chi connectivity index (χ1) is 8.09. The summed E-state index contributed by atoms with van der Waals surface area (Å²) in [4.78, 5) is 11.8. The zero-order chi connectivity index (χ0) is 12.4. The van der Waals surface area contributed by atoms with Gasteiger partial charge in [0.1, 0.15) is 5.82 Å². The van der Waals surface area contributed by atoms with Crippen molar-refractivity contribution in [1.29, 1.82) is 0 Å². The molecule has 0 aliphatic carbocycles. The second kappa shape index (κ2) is 4.25. The van der Waals surface area contributed by atoms with Gasteiger partial charge in [-0.3, -0.25) is 9.48 Å². The van der Waals surface area contributed by atoms with E-state index in [9.17, 15) is 9.18 Å². The van der Waals surface area contributed by atoms with Gasteiger partial charge in [0.25, 0.3) is 5.91 Å². The molecule has 0 saturated carbocycles. The predicted molar refractivity (Wildman–Crippen MR) is 62.0 cm³/mol. The number of benzene rings is 1. The van der Waals surface area contributed by atoms with Gasteiger partial charge < -0.3 is 11.1 Å². The topological polar surface area (TPSA) is 72.9 Å². The molecule has 0 unspecified atom stereocenters. The number of nitrogens with two attached hydrogens (primary N) is 1. The first-order valence-electron chi connectivity index (χ1n) is 4.93. The van der Waals surface area contributed by atoms with E-state index in [4.69, 9.17) is 5.73 Å². The number of carbonyl (C=O) groups is 1. The smallest absolute Gasteiger partial charge is 0.259 e. The van der Waals surface area contributed by atoms with E-state index in [0.29, 0.717) is 11.5 Å². The summed E-state index contributed by atoms with van der Waals surface area (Å²) in [6.07, 6.45) is 1.41. The van der Waals surface area contributed by atoms with Crippen LogP contribution in [-0.4, -0.2) is 15.7 Å². The fourth-order valence-electron chi connectivity index (χ4n) is 1.43. The molecule has 0 radical (unpaired) electrons. The van der Waals surface area contributed by atoms with Crippen molar-refractivity contribution >= 4 is 17.4 Å². The van der Waals surface area contributed by atoms with Crippen LogP contribution in [0.4, 0.5) is 15.9 Å². The third-order valence-corrected chi connectivity index (χ3v) is 2.32. The number of nitrogen functional groups attached to an aromatic ring is 1. The molecule has 0 bridgehead atoms. The Morgan fingerprint density at radius 2 is 2.18 bits per heavy atom. The summed E-state index contributed by atoms with van der Waals surface area (Å²) in [6.45, 7) is 0. The van der Waals surface area contributed by atoms with Crippen LogP contribution in [-0.2, 0) is 7.05 Å². The largest absolute Gasteiger partial charge is 0.394 e. The molecule has 17 heavy (non-hydrogen) atoms. The van der Waals surface area contributed by atoms with Crippen LogP contribution in [0.5, 0.6) is 0 Å². The average Bonchev–Trinajstić information content (AvgIpc) is 2.61. The number of hydrogen-bond acceptors (Lipinski definition) is 3. The predicted octanol–water partition coefficient (Wildman–Crippen LogP) is 1.39. The van der Waals surface area contributed by atoms with E-state index in [-0.39, 0.29) is 5.56 Å². The number of carbonyl (C=O) groups excluding carboxylic acids is 1. The Kier molecular flexibility index (Phi) is 2.78. The van der Waals surface area contributed by atoms with Gasteiger partial charge in [-0.2, -0.15) is 5.10 Å². The standard InChI is InChI=1S/C11H11FN4O/c1-16-10(9(13)6-14-16)15-11(17)7-4-2-3-5-8(7)12/h2-6H,13H2,1H3,(H,15,17). The molecule has 1 amide bonds. The van der Waals surface area contributed by atoms with Crippen LogP contribution >= 0.6 is 0 Å². The Bertz CT molecular complexity index is 545. The highest BCUT2D eigenvalue weighted by Gasteiger charge is 2.14. The number of nitrogens with one attached hydrogen (secondary N) is 1. The number of rotatable bonds is 2. The van der Waals surface area contributed by atoms with E-state index in [1.54, 1.807) is 13.1 Å². The number of halogens is 1. The summed E-state index contributed by atoms with van der Waals surface area (Å²) in [5.74, 6) is -0.789. The van der Waals surface area contributed by atoms with Crippen LogP contribution in [0.2, 0.25) is 0 Å². The van der Waals surface area contributed by atoms with Gasteiger partial charge in [-0.25, -0.2) is 4.39 Å². The molecule has 0 aliphatic rings. The first-order valence-corrected chi connectivity index (χ1v) is 4.93. The second-order valence-corrected chi connectivity index (χ2v) is 3.51. The van der Waals surface area contributed by atoms with E-state index in [1.165, 1.54) is 29.1 Å². The lowest BCUT2D eigenvalue weighted by atomic mass is 10.2. The number of hydrogen-bond donors (Lipinski definition) is 2. The maximum absolute atomic E-state index is 13.4. The number of nitrogens with zero attached hydrogens (tertiary/aromatic N) is 2. The SMILES string of the molecule is Cn1ncc(N)c1NC(=O)c1ccccc1F. The van der Waals surface area contributed by atoms with Crippen molar-refractivity contribution < 1.29 is 9.18 Å². The minimum absolute atomic E-state index is 0.0342. The molecule has 0 aliphatic heterocycles. The zero-order valence-electron chi connectivity index (χ0n) is 9.14. The van der Waals surface area contributed by atoms with E-state index < -0.39 is 11.7 Å². The summed E-state index contributed by atoms with van der Waals surface area (Å²) in [5, 5.41) is 6.38. The van der Waals surface area contributed by atoms with Gasteiger partial charge in [-0.05, 0) is 12.1 Å². The molecule has 88 valence electrons. The molecule has 1 heterocycles. The van der Waals surface area contributed by atoms with Crippen molar-refractivity contribution in [2.24, 2.45) is 7.05 Å². The molecule has 1 aromatic heterocycles. The summed E-state index contributed by atoms with van der Waals surface area (Å²) >= 11 is 0. The third-order valence-electron chi connectivity index (χ3n) is 2.32. The van der Waals surface area contributed by atoms with Gasteiger partial charge in [0.05, 0.1) is 17.4 Å². The third kappa shape index (κ3) is 2.10. The molecule has 5 nitrogen and oxygen atoms in total. The molecule has 0 saturated heterocycles. The van der Waals surface area contributed by atoms with Gasteiger partial charge in [0, 0.05) is 7.05 Å². The van der Waals surface area contributed by atoms with Crippen LogP contribution in [0.1, 0.15) is 10.4 Å². The lowest BCUT2D eigenvalue weighted by molar-refractivity contribution is 0.102. The molecular weight excluding hydrogens is 223 g/mol. The van der Waals surface area contributed by atoms with Gasteiger partial charge in [-0.15, -0.1) is 0 Å². The maximum Gasteiger partial charge on any atom is 0.259 e. The van der Waals surface area contributed by atoms with E-state index in [0.717, 1.165) is 0 Å². The molecule has 2 rings (SSSR count). The second-order valence-electron chi connectivity index (χ2n) is 3.51. The van der Waals surface area contributed by atoms with Gasteiger partial charge in [0.2, 0.25) is 0 Å². The monoisotopic (exact) mass is 234 g/mol. The van der Waals surface area contributed by atoms with Gasteiger partial charge in [-0.1, -0.05) is 12.1 Å². The Balaban J connectivity index is 2.27. The van der Waals surface area contributed by atoms with Crippen LogP contribution < -0.4 is 11.1 Å². The molecule has 1 aromatic carbocycles. The Hall–Kier alpha value is -2.37. The molecule has 0 spiro atoms. The van der Waals surface area contributed by atoms with Crippen molar-refractivity contribution in [1.82, 2.24) is 9.78 Å². The quantitative estimate of drug-likeness (QED) is 0.824. The van der Waals surface area contributed by atoms with Crippen LogP contribution in [0.15, 0.2) is 30.5 Å². The fraction of sp³-hybridized carbons (Fsp3) is 0.0909. The Labute approximate surface area is 97.0 Å². The van der Waals surface area contributed by atoms with E-state index in [1.807, 2.05) is 0 Å². The average molecular weight is 234 g/mol. The summed E-state index contributed by atoms with van der Waals surface area (Å²) in [6, 6.07) is 5.73. The van der Waals surface area contributed by atoms with Crippen LogP contribution in [0.25, 0.3) is 0 Å². The van der Waals surface area contributed by atoms with E-state index in [2.05, 4.69) is 10.4 Å². The van der Waals surface area contributed by atoms with Crippen molar-refractivity contribution in [3.05, 3.63) is 41.8 Å². The lowest BCUT2D eigenvalue weighted by Crippen LogP contribution is -2.16. The normalized spacial score (nSPS) is 10.2. The molecule has 2 aromatic rings. The first kappa shape index (κ1) is 11.1. The highest BCUT2D eigenvalue weighted by atomic mass is 19.1. The van der Waals surface area contributed by atoms with Crippen LogP contribution in [0, 0.1) is 5.82 Å². The summed E-state index contributed by atoms with van der Waals surface area (Å²) < 4.78 is 14.8. The highest BCUT2D eigenvalue weighted by Crippen LogP contribution is 2.17. The summed E-state index contributed by atoms with van der Waals surface area (Å²) in [7, 11) is 1.63. The van der Waals surface area contributed by atoms with Crippen molar-refractivity contribution in [2.45, 2.75) is 0 Å². The van der Waals surface area contributed by atoms with Gasteiger partial charge in [0.15, 0.2) is 5.82 Å². The highest BCUT2D eigenvalue weighted by molar-refractivity contribution is 6.05. The van der Waals surface area contributed by atoms with Gasteiger partial charge >= 0.3 is 0 Å².